The summed E-state index contributed by atoms with van der Waals surface area (Å²) < 4.78 is 34.3. The first kappa shape index (κ1) is 21.9. The molecule has 0 unspecified atom stereocenters. The summed E-state index contributed by atoms with van der Waals surface area (Å²) in [7, 11) is -2.47. The molecule has 1 saturated heterocycles. The van der Waals surface area contributed by atoms with Crippen LogP contribution in [0.1, 0.15) is 12.0 Å². The minimum Gasteiger partial charge on any atom is -0.508 e. The van der Waals surface area contributed by atoms with Crippen molar-refractivity contribution in [3.8, 4) is 11.5 Å². The molecule has 10 heteroatoms. The number of ether oxygens (including phenoxy) is 1. The van der Waals surface area contributed by atoms with Crippen molar-refractivity contribution in [3.63, 3.8) is 0 Å². The van der Waals surface area contributed by atoms with Crippen molar-refractivity contribution in [3.05, 3.63) is 59.0 Å². The van der Waals surface area contributed by atoms with Gasteiger partial charge in [-0.05, 0) is 48.5 Å². The largest absolute Gasteiger partial charge is 0.508 e. The molecule has 8 nitrogen and oxygen atoms in total. The van der Waals surface area contributed by atoms with Gasteiger partial charge in [-0.25, -0.2) is 0 Å². The first-order chi connectivity index (χ1) is 14.3. The number of rotatable bonds is 7. The van der Waals surface area contributed by atoms with Gasteiger partial charge >= 0.3 is 0 Å². The van der Waals surface area contributed by atoms with Crippen LogP contribution in [-0.2, 0) is 19.6 Å². The molecule has 2 N–H and O–H groups in total. The number of nitrogens with zero attached hydrogens (tertiary/aromatic N) is 2. The Bertz CT molecular complexity index is 1100. The predicted molar refractivity (Wildman–Crippen MR) is 115 cm³/mol. The molecule has 0 aliphatic carbocycles. The van der Waals surface area contributed by atoms with Crippen molar-refractivity contribution in [2.75, 3.05) is 20.3 Å². The van der Waals surface area contributed by atoms with Crippen molar-refractivity contribution in [2.45, 2.75) is 11.3 Å². The minimum atomic E-state index is -4.01. The van der Waals surface area contributed by atoms with Crippen LogP contribution < -0.4 is 0 Å². The Kier molecular flexibility index (Phi) is 6.80. The van der Waals surface area contributed by atoms with E-state index in [1.807, 2.05) is 0 Å². The summed E-state index contributed by atoms with van der Waals surface area (Å²) in [6, 6.07) is 11.7. The van der Waals surface area contributed by atoms with E-state index >= 15 is 0 Å². The van der Waals surface area contributed by atoms with Crippen LogP contribution in [0.3, 0.4) is 0 Å². The molecular weight excluding hydrogens is 428 g/mol. The zero-order valence-corrected chi connectivity index (χ0v) is 17.7. The molecule has 2 aromatic rings. The molecule has 1 amide bonds. The Balaban J connectivity index is 1.98. The lowest BCUT2D eigenvalue weighted by Gasteiger charge is -2.15. The van der Waals surface area contributed by atoms with E-state index in [1.165, 1.54) is 42.4 Å². The lowest BCUT2D eigenvalue weighted by Crippen LogP contribution is -2.31. The average Bonchev–Trinajstić information content (AvgIpc) is 2.99. The monoisotopic (exact) mass is 448 g/mol. The van der Waals surface area contributed by atoms with E-state index in [0.717, 1.165) is 17.8 Å². The number of carbonyl (C=O) groups is 1. The van der Waals surface area contributed by atoms with Gasteiger partial charge in [-0.1, -0.05) is 18.2 Å². The normalized spacial score (nSPS) is 17.2. The fourth-order valence-corrected chi connectivity index (χ4v) is 4.90. The summed E-state index contributed by atoms with van der Waals surface area (Å²) in [4.78, 5) is 14.4. The lowest BCUT2D eigenvalue weighted by molar-refractivity contribution is -0.122. The fourth-order valence-electron chi connectivity index (χ4n) is 2.68. The molecule has 158 valence electrons. The van der Waals surface area contributed by atoms with E-state index < -0.39 is 15.9 Å². The number of carbonyl (C=O) groups excluding carboxylic acids is 1. The van der Waals surface area contributed by atoms with Gasteiger partial charge in [-0.2, -0.15) is 8.42 Å². The number of phenolic OH excluding ortho intramolecular Hbond substituents is 2. The van der Waals surface area contributed by atoms with Gasteiger partial charge in [-0.15, -0.1) is 4.40 Å². The molecule has 0 radical (unpaired) electrons. The van der Waals surface area contributed by atoms with Gasteiger partial charge in [0, 0.05) is 31.9 Å². The van der Waals surface area contributed by atoms with E-state index in [-0.39, 0.29) is 33.0 Å². The third-order valence-corrected chi connectivity index (χ3v) is 6.56. The van der Waals surface area contributed by atoms with E-state index in [4.69, 9.17) is 4.74 Å². The highest BCUT2D eigenvalue weighted by Gasteiger charge is 2.35. The maximum absolute atomic E-state index is 12.9. The van der Waals surface area contributed by atoms with E-state index in [0.29, 0.717) is 18.6 Å². The molecular formula is C20H20N2O6S2. The predicted octanol–water partition coefficient (Wildman–Crippen LogP) is 2.80. The van der Waals surface area contributed by atoms with Crippen molar-refractivity contribution >= 4 is 38.9 Å². The molecule has 3 rings (SSSR count). The van der Waals surface area contributed by atoms with Crippen LogP contribution in [0.5, 0.6) is 11.5 Å². The number of phenols is 2. The summed E-state index contributed by atoms with van der Waals surface area (Å²) in [6.07, 6.45) is 1.92. The molecule has 0 bridgehead atoms. The van der Waals surface area contributed by atoms with Gasteiger partial charge in [0.05, 0.1) is 9.80 Å². The summed E-state index contributed by atoms with van der Waals surface area (Å²) in [5.74, 6) is -0.743. The number of amidine groups is 1. The van der Waals surface area contributed by atoms with Crippen LogP contribution >= 0.6 is 11.8 Å². The molecule has 1 heterocycles. The van der Waals surface area contributed by atoms with Crippen LogP contribution in [0.4, 0.5) is 0 Å². The van der Waals surface area contributed by atoms with Crippen LogP contribution in [0.15, 0.2) is 62.7 Å². The summed E-state index contributed by atoms with van der Waals surface area (Å²) >= 11 is 0.908. The lowest BCUT2D eigenvalue weighted by atomic mass is 10.1. The Labute approximate surface area is 178 Å². The standard InChI is InChI=1S/C20H20N2O6S2/c1-28-11-5-10-22-19(25)18(12-14-8-9-15(23)13-17(14)24)29-20(22)21-30(26,27)16-6-3-2-4-7-16/h2-4,6-9,12-13,23-24H,5,10-11H2,1H3/b18-12-,21-20+. The van der Waals surface area contributed by atoms with Gasteiger partial charge in [0.15, 0.2) is 5.17 Å². The fraction of sp³-hybridized carbons (Fsp3) is 0.200. The summed E-state index contributed by atoms with van der Waals surface area (Å²) in [5.41, 5.74) is 0.313. The number of thioether (sulfide) groups is 1. The maximum Gasteiger partial charge on any atom is 0.284 e. The SMILES string of the molecule is COCCCN1C(=O)/C(=C/c2ccc(O)cc2O)S/C1=N/S(=O)(=O)c1ccccc1. The Morgan fingerprint density at radius 3 is 2.57 bits per heavy atom. The smallest absolute Gasteiger partial charge is 0.284 e. The second-order valence-corrected chi connectivity index (χ2v) is 8.93. The number of benzene rings is 2. The second kappa shape index (κ2) is 9.33. The molecule has 1 aliphatic heterocycles. The summed E-state index contributed by atoms with van der Waals surface area (Å²) in [6.45, 7) is 0.618. The molecule has 1 aliphatic rings. The molecule has 0 saturated carbocycles. The zero-order chi connectivity index (χ0) is 21.7. The number of sulfonamides is 1. The van der Waals surface area contributed by atoms with E-state index in [2.05, 4.69) is 4.40 Å². The zero-order valence-electron chi connectivity index (χ0n) is 16.1. The van der Waals surface area contributed by atoms with Crippen LogP contribution in [-0.4, -0.2) is 54.9 Å². The number of amides is 1. The first-order valence-corrected chi connectivity index (χ1v) is 11.2. The maximum atomic E-state index is 12.9. The van der Waals surface area contributed by atoms with Crippen molar-refractivity contribution < 1.29 is 28.2 Å². The van der Waals surface area contributed by atoms with Crippen molar-refractivity contribution in [1.29, 1.82) is 0 Å². The quantitative estimate of drug-likeness (QED) is 0.494. The van der Waals surface area contributed by atoms with Crippen molar-refractivity contribution in [2.24, 2.45) is 4.40 Å². The number of methoxy groups -OCH3 is 1. The van der Waals surface area contributed by atoms with Gasteiger partial charge in [0.2, 0.25) is 0 Å². The number of aromatic hydroxyl groups is 2. The van der Waals surface area contributed by atoms with Gasteiger partial charge in [0.1, 0.15) is 11.5 Å². The van der Waals surface area contributed by atoms with Gasteiger partial charge in [0.25, 0.3) is 15.9 Å². The Morgan fingerprint density at radius 1 is 1.17 bits per heavy atom. The highest BCUT2D eigenvalue weighted by molar-refractivity contribution is 8.19. The third-order valence-electron chi connectivity index (χ3n) is 4.16. The molecule has 0 aromatic heterocycles. The number of hydrogen-bond acceptors (Lipinski definition) is 7. The Hall–Kier alpha value is -2.82. The van der Waals surface area contributed by atoms with E-state index in [1.54, 1.807) is 18.2 Å². The third kappa shape index (κ3) is 5.02. The summed E-state index contributed by atoms with van der Waals surface area (Å²) in [5, 5.41) is 19.5. The van der Waals surface area contributed by atoms with Crippen molar-refractivity contribution in [1.82, 2.24) is 4.90 Å². The molecule has 0 spiro atoms. The van der Waals surface area contributed by atoms with Gasteiger partial charge < -0.3 is 14.9 Å². The minimum absolute atomic E-state index is 0.0241. The molecule has 2 aromatic carbocycles. The van der Waals surface area contributed by atoms with Gasteiger partial charge in [-0.3, -0.25) is 9.69 Å². The Morgan fingerprint density at radius 2 is 1.90 bits per heavy atom. The van der Waals surface area contributed by atoms with Crippen LogP contribution in [0.2, 0.25) is 0 Å². The molecule has 30 heavy (non-hydrogen) atoms. The highest BCUT2D eigenvalue weighted by Crippen LogP contribution is 2.35. The average molecular weight is 449 g/mol. The van der Waals surface area contributed by atoms with E-state index in [9.17, 15) is 23.4 Å². The van der Waals surface area contributed by atoms with Crippen LogP contribution in [0, 0.1) is 0 Å². The second-order valence-electron chi connectivity index (χ2n) is 6.32. The highest BCUT2D eigenvalue weighted by atomic mass is 32.2. The molecule has 0 atom stereocenters. The number of hydrogen-bond donors (Lipinski definition) is 2. The molecule has 1 fully saturated rings. The van der Waals surface area contributed by atoms with Crippen LogP contribution in [0.25, 0.3) is 6.08 Å². The first-order valence-electron chi connectivity index (χ1n) is 8.94. The topological polar surface area (TPSA) is 116 Å².